The van der Waals surface area contributed by atoms with Gasteiger partial charge in [0.05, 0.1) is 5.38 Å². The number of hydrogen-bond donors (Lipinski definition) is 3. The molecule has 0 aliphatic carbocycles. The lowest BCUT2D eigenvalue weighted by atomic mass is 10.1. The number of aromatic hydroxyl groups is 2. The molecule has 0 saturated carbocycles. The normalized spacial score (nSPS) is 12.4. The number of carbonyl (C=O) groups excluding carboxylic acids is 1. The number of carbonyl (C=O) groups is 1. The van der Waals surface area contributed by atoms with Crippen LogP contribution in [0.4, 0.5) is 0 Å². The van der Waals surface area contributed by atoms with E-state index in [0.717, 1.165) is 6.42 Å². The van der Waals surface area contributed by atoms with Crippen LogP contribution in [0.5, 0.6) is 11.5 Å². The largest absolute Gasteiger partial charge is 0.508 e. The fraction of sp³-hybridized carbons (Fsp3) is 0.462. The number of rotatable bonds is 5. The monoisotopic (exact) mass is 271 g/mol. The van der Waals surface area contributed by atoms with Gasteiger partial charge in [-0.1, -0.05) is 13.8 Å². The van der Waals surface area contributed by atoms with Gasteiger partial charge in [0, 0.05) is 18.2 Å². The Hall–Kier alpha value is -1.42. The lowest BCUT2D eigenvalue weighted by molar-refractivity contribution is 0.0952. The van der Waals surface area contributed by atoms with Gasteiger partial charge in [-0.15, -0.1) is 11.6 Å². The molecule has 1 unspecified atom stereocenters. The van der Waals surface area contributed by atoms with Crippen molar-refractivity contribution in [2.75, 3.05) is 6.54 Å². The van der Waals surface area contributed by atoms with E-state index in [9.17, 15) is 15.0 Å². The van der Waals surface area contributed by atoms with Crippen LogP contribution in [0, 0.1) is 5.92 Å². The van der Waals surface area contributed by atoms with Crippen molar-refractivity contribution in [3.63, 3.8) is 0 Å². The van der Waals surface area contributed by atoms with Gasteiger partial charge in [0.25, 0.3) is 5.91 Å². The molecule has 0 fully saturated rings. The standard InChI is InChI=1S/C13H18ClNO3/c1-8(2)3-10(14)7-15-13(18)9-4-11(16)6-12(17)5-9/h4-6,8,10,16-17H,3,7H2,1-2H3,(H,15,18). The lowest BCUT2D eigenvalue weighted by Gasteiger charge is -2.13. The van der Waals surface area contributed by atoms with Crippen LogP contribution < -0.4 is 5.32 Å². The first-order chi connectivity index (χ1) is 8.38. The van der Waals surface area contributed by atoms with Crippen molar-refractivity contribution in [1.82, 2.24) is 5.32 Å². The average Bonchev–Trinajstić information content (AvgIpc) is 2.23. The maximum atomic E-state index is 11.7. The summed E-state index contributed by atoms with van der Waals surface area (Å²) in [6.45, 7) is 4.48. The molecule has 1 atom stereocenters. The zero-order valence-corrected chi connectivity index (χ0v) is 11.2. The molecule has 1 rings (SSSR count). The van der Waals surface area contributed by atoms with Crippen molar-refractivity contribution in [3.8, 4) is 11.5 Å². The molecule has 0 radical (unpaired) electrons. The van der Waals surface area contributed by atoms with E-state index in [4.69, 9.17) is 11.6 Å². The van der Waals surface area contributed by atoms with Crippen molar-refractivity contribution in [2.45, 2.75) is 25.6 Å². The zero-order chi connectivity index (χ0) is 13.7. The smallest absolute Gasteiger partial charge is 0.251 e. The molecule has 0 aromatic heterocycles. The minimum Gasteiger partial charge on any atom is -0.508 e. The van der Waals surface area contributed by atoms with E-state index in [1.807, 2.05) is 0 Å². The number of benzene rings is 1. The van der Waals surface area contributed by atoms with Crippen LogP contribution in [0.3, 0.4) is 0 Å². The summed E-state index contributed by atoms with van der Waals surface area (Å²) in [5.41, 5.74) is 0.209. The van der Waals surface area contributed by atoms with Gasteiger partial charge in [-0.05, 0) is 24.5 Å². The zero-order valence-electron chi connectivity index (χ0n) is 10.5. The summed E-state index contributed by atoms with van der Waals surface area (Å²) in [5, 5.41) is 21.1. The highest BCUT2D eigenvalue weighted by atomic mass is 35.5. The molecule has 0 heterocycles. The molecule has 5 heteroatoms. The number of phenols is 2. The summed E-state index contributed by atoms with van der Waals surface area (Å²) in [4.78, 5) is 11.7. The Labute approximate surface area is 112 Å². The molecule has 1 aromatic rings. The number of nitrogens with one attached hydrogen (secondary N) is 1. The van der Waals surface area contributed by atoms with Crippen LogP contribution in [0.1, 0.15) is 30.6 Å². The minimum atomic E-state index is -0.365. The van der Waals surface area contributed by atoms with Gasteiger partial charge < -0.3 is 15.5 Å². The van der Waals surface area contributed by atoms with Gasteiger partial charge in [0.1, 0.15) is 11.5 Å². The van der Waals surface area contributed by atoms with E-state index >= 15 is 0 Å². The highest BCUT2D eigenvalue weighted by Crippen LogP contribution is 2.20. The number of hydrogen-bond acceptors (Lipinski definition) is 3. The molecular weight excluding hydrogens is 254 g/mol. The maximum absolute atomic E-state index is 11.7. The number of halogens is 1. The third-order valence-corrected chi connectivity index (χ3v) is 2.71. The highest BCUT2D eigenvalue weighted by Gasteiger charge is 2.12. The first-order valence-electron chi connectivity index (χ1n) is 5.83. The van der Waals surface area contributed by atoms with Gasteiger partial charge >= 0.3 is 0 Å². The number of amides is 1. The topological polar surface area (TPSA) is 69.6 Å². The van der Waals surface area contributed by atoms with Crippen LogP contribution >= 0.6 is 11.6 Å². The summed E-state index contributed by atoms with van der Waals surface area (Å²) in [6, 6.07) is 3.75. The third-order valence-electron chi connectivity index (χ3n) is 2.38. The Morgan fingerprint density at radius 1 is 1.28 bits per heavy atom. The quantitative estimate of drug-likeness (QED) is 0.721. The first kappa shape index (κ1) is 14.6. The summed E-state index contributed by atoms with van der Waals surface area (Å²) in [6.07, 6.45) is 0.813. The predicted molar refractivity (Wildman–Crippen MR) is 71.2 cm³/mol. The molecule has 18 heavy (non-hydrogen) atoms. The van der Waals surface area contributed by atoms with Crippen LogP contribution in [0.25, 0.3) is 0 Å². The summed E-state index contributed by atoms with van der Waals surface area (Å²) >= 11 is 6.06. The Morgan fingerprint density at radius 2 is 1.83 bits per heavy atom. The fourth-order valence-electron chi connectivity index (χ4n) is 1.63. The number of phenolic OH excluding ortho intramolecular Hbond substituents is 2. The van der Waals surface area contributed by atoms with E-state index in [-0.39, 0.29) is 28.3 Å². The fourth-order valence-corrected chi connectivity index (χ4v) is 2.06. The van der Waals surface area contributed by atoms with Gasteiger partial charge in [0.2, 0.25) is 0 Å². The Balaban J connectivity index is 2.55. The van der Waals surface area contributed by atoms with E-state index < -0.39 is 0 Å². The molecule has 0 aliphatic heterocycles. The van der Waals surface area contributed by atoms with Gasteiger partial charge in [-0.3, -0.25) is 4.79 Å². The van der Waals surface area contributed by atoms with Crippen molar-refractivity contribution < 1.29 is 15.0 Å². The van der Waals surface area contributed by atoms with Crippen LogP contribution in [0.15, 0.2) is 18.2 Å². The van der Waals surface area contributed by atoms with Crippen LogP contribution in [-0.4, -0.2) is 28.0 Å². The molecule has 0 spiro atoms. The van der Waals surface area contributed by atoms with E-state index in [1.165, 1.54) is 18.2 Å². The van der Waals surface area contributed by atoms with Crippen LogP contribution in [0.2, 0.25) is 0 Å². The molecule has 0 saturated heterocycles. The van der Waals surface area contributed by atoms with Crippen molar-refractivity contribution in [3.05, 3.63) is 23.8 Å². The van der Waals surface area contributed by atoms with Gasteiger partial charge in [-0.2, -0.15) is 0 Å². The van der Waals surface area contributed by atoms with Gasteiger partial charge in [-0.25, -0.2) is 0 Å². The van der Waals surface area contributed by atoms with E-state index in [0.29, 0.717) is 12.5 Å². The first-order valence-corrected chi connectivity index (χ1v) is 6.27. The van der Waals surface area contributed by atoms with Crippen molar-refractivity contribution >= 4 is 17.5 Å². The Morgan fingerprint density at radius 3 is 2.33 bits per heavy atom. The molecule has 100 valence electrons. The lowest BCUT2D eigenvalue weighted by Crippen LogP contribution is -2.30. The highest BCUT2D eigenvalue weighted by molar-refractivity contribution is 6.21. The van der Waals surface area contributed by atoms with E-state index in [1.54, 1.807) is 0 Å². The van der Waals surface area contributed by atoms with E-state index in [2.05, 4.69) is 19.2 Å². The molecular formula is C13H18ClNO3. The average molecular weight is 272 g/mol. The predicted octanol–water partition coefficient (Wildman–Crippen LogP) is 2.48. The maximum Gasteiger partial charge on any atom is 0.251 e. The third kappa shape index (κ3) is 4.84. The Bertz CT molecular complexity index is 400. The molecule has 1 amide bonds. The number of alkyl halides is 1. The Kier molecular flexibility index (Phi) is 5.28. The molecule has 3 N–H and O–H groups in total. The summed E-state index contributed by atoms with van der Waals surface area (Å²) < 4.78 is 0. The molecule has 0 bridgehead atoms. The molecule has 0 aliphatic rings. The molecule has 4 nitrogen and oxygen atoms in total. The summed E-state index contributed by atoms with van der Waals surface area (Å²) in [7, 11) is 0. The second-order valence-electron chi connectivity index (χ2n) is 4.67. The molecule has 1 aromatic carbocycles. The second kappa shape index (κ2) is 6.50. The SMILES string of the molecule is CC(C)CC(Cl)CNC(=O)c1cc(O)cc(O)c1. The minimum absolute atomic E-state index is 0.125. The van der Waals surface area contributed by atoms with Crippen molar-refractivity contribution in [1.29, 1.82) is 0 Å². The van der Waals surface area contributed by atoms with Crippen LogP contribution in [-0.2, 0) is 0 Å². The van der Waals surface area contributed by atoms with Gasteiger partial charge in [0.15, 0.2) is 0 Å². The van der Waals surface area contributed by atoms with Crippen molar-refractivity contribution in [2.24, 2.45) is 5.92 Å². The second-order valence-corrected chi connectivity index (χ2v) is 5.29. The summed E-state index contributed by atoms with van der Waals surface area (Å²) in [5.74, 6) is -0.195.